The number of aromatic nitrogens is 3. The summed E-state index contributed by atoms with van der Waals surface area (Å²) in [6.45, 7) is 4.15. The van der Waals surface area contributed by atoms with Crippen LogP contribution in [0.15, 0.2) is 55.0 Å². The summed E-state index contributed by atoms with van der Waals surface area (Å²) in [5.41, 5.74) is 5.42. The summed E-state index contributed by atoms with van der Waals surface area (Å²) in [5.74, 6) is 0.864. The molecule has 3 aromatic rings. The van der Waals surface area contributed by atoms with E-state index in [9.17, 15) is 0 Å². The SMILES string of the molecule is CCc1ncc(-c2ccc(-c3ccccc3C)nc2)cn1. The molecule has 0 aliphatic heterocycles. The topological polar surface area (TPSA) is 38.7 Å². The van der Waals surface area contributed by atoms with Gasteiger partial charge in [0.2, 0.25) is 0 Å². The summed E-state index contributed by atoms with van der Waals surface area (Å²) in [6.07, 6.45) is 6.45. The Morgan fingerprint density at radius 1 is 0.810 bits per heavy atom. The molecule has 104 valence electrons. The van der Waals surface area contributed by atoms with Crippen LogP contribution in [-0.2, 0) is 6.42 Å². The first-order chi connectivity index (χ1) is 10.3. The van der Waals surface area contributed by atoms with Crippen molar-refractivity contribution in [1.82, 2.24) is 15.0 Å². The third kappa shape index (κ3) is 2.82. The number of benzene rings is 1. The highest BCUT2D eigenvalue weighted by molar-refractivity contribution is 5.67. The van der Waals surface area contributed by atoms with Gasteiger partial charge in [-0.25, -0.2) is 9.97 Å². The van der Waals surface area contributed by atoms with E-state index in [1.807, 2.05) is 43.7 Å². The van der Waals surface area contributed by atoms with Crippen molar-refractivity contribution in [3.63, 3.8) is 0 Å². The van der Waals surface area contributed by atoms with Gasteiger partial charge in [0.25, 0.3) is 0 Å². The number of rotatable bonds is 3. The molecule has 0 aliphatic carbocycles. The minimum Gasteiger partial charge on any atom is -0.256 e. The predicted molar refractivity (Wildman–Crippen MR) is 84.8 cm³/mol. The van der Waals surface area contributed by atoms with Crippen molar-refractivity contribution in [2.45, 2.75) is 20.3 Å². The Hall–Kier alpha value is -2.55. The van der Waals surface area contributed by atoms with Gasteiger partial charge in [0.15, 0.2) is 0 Å². The van der Waals surface area contributed by atoms with E-state index in [2.05, 4.69) is 40.1 Å². The maximum Gasteiger partial charge on any atom is 0.127 e. The second-order valence-electron chi connectivity index (χ2n) is 4.99. The van der Waals surface area contributed by atoms with E-state index < -0.39 is 0 Å². The molecule has 1 aromatic carbocycles. The molecule has 2 heterocycles. The molecule has 0 N–H and O–H groups in total. The van der Waals surface area contributed by atoms with E-state index >= 15 is 0 Å². The average molecular weight is 275 g/mol. The van der Waals surface area contributed by atoms with Crippen molar-refractivity contribution in [3.8, 4) is 22.4 Å². The summed E-state index contributed by atoms with van der Waals surface area (Å²) in [7, 11) is 0. The van der Waals surface area contributed by atoms with Crippen LogP contribution in [0.2, 0.25) is 0 Å². The smallest absolute Gasteiger partial charge is 0.127 e. The summed E-state index contributed by atoms with van der Waals surface area (Å²) in [6, 6.07) is 12.4. The van der Waals surface area contributed by atoms with E-state index in [0.29, 0.717) is 0 Å². The van der Waals surface area contributed by atoms with Gasteiger partial charge >= 0.3 is 0 Å². The van der Waals surface area contributed by atoms with Gasteiger partial charge < -0.3 is 0 Å². The summed E-state index contributed by atoms with van der Waals surface area (Å²) >= 11 is 0. The molecule has 0 unspecified atom stereocenters. The Morgan fingerprint density at radius 3 is 2.14 bits per heavy atom. The normalized spacial score (nSPS) is 10.6. The molecule has 21 heavy (non-hydrogen) atoms. The fourth-order valence-corrected chi connectivity index (χ4v) is 2.27. The Balaban J connectivity index is 1.92. The van der Waals surface area contributed by atoms with E-state index in [1.165, 1.54) is 11.1 Å². The zero-order valence-electron chi connectivity index (χ0n) is 12.2. The fraction of sp³-hybridized carbons (Fsp3) is 0.167. The highest BCUT2D eigenvalue weighted by Gasteiger charge is 2.04. The standard InChI is InChI=1S/C18H17N3/c1-3-18-20-11-15(12-21-18)14-8-9-17(19-10-14)16-7-5-4-6-13(16)2/h4-12H,3H2,1-2H3. The van der Waals surface area contributed by atoms with Crippen molar-refractivity contribution in [3.05, 3.63) is 66.4 Å². The lowest BCUT2D eigenvalue weighted by molar-refractivity contribution is 0.941. The molecule has 0 atom stereocenters. The second kappa shape index (κ2) is 5.83. The predicted octanol–water partition coefficient (Wildman–Crippen LogP) is 4.08. The highest BCUT2D eigenvalue weighted by atomic mass is 14.9. The molecular weight excluding hydrogens is 258 g/mol. The average Bonchev–Trinajstić information content (AvgIpc) is 2.56. The first kappa shape index (κ1) is 13.4. The van der Waals surface area contributed by atoms with E-state index in [4.69, 9.17) is 0 Å². The Kier molecular flexibility index (Phi) is 3.73. The van der Waals surface area contributed by atoms with Crippen LogP contribution in [0.1, 0.15) is 18.3 Å². The van der Waals surface area contributed by atoms with E-state index in [0.717, 1.165) is 29.1 Å². The van der Waals surface area contributed by atoms with Gasteiger partial charge in [-0.1, -0.05) is 37.3 Å². The molecule has 0 saturated carbocycles. The molecule has 0 spiro atoms. The number of nitrogens with zero attached hydrogens (tertiary/aromatic N) is 3. The van der Waals surface area contributed by atoms with Crippen molar-refractivity contribution in [2.75, 3.05) is 0 Å². The van der Waals surface area contributed by atoms with Crippen LogP contribution in [0.25, 0.3) is 22.4 Å². The minimum atomic E-state index is 0.852. The summed E-state index contributed by atoms with van der Waals surface area (Å²) < 4.78 is 0. The minimum absolute atomic E-state index is 0.852. The van der Waals surface area contributed by atoms with Crippen molar-refractivity contribution in [2.24, 2.45) is 0 Å². The summed E-state index contributed by atoms with van der Waals surface area (Å²) in [4.78, 5) is 13.2. The molecule has 3 heteroatoms. The van der Waals surface area contributed by atoms with Gasteiger partial charge in [0.1, 0.15) is 5.82 Å². The molecule has 0 aliphatic rings. The van der Waals surface area contributed by atoms with Crippen LogP contribution in [0.3, 0.4) is 0 Å². The third-order valence-corrected chi connectivity index (χ3v) is 3.54. The molecular formula is C18H17N3. The highest BCUT2D eigenvalue weighted by Crippen LogP contribution is 2.23. The van der Waals surface area contributed by atoms with Crippen LogP contribution >= 0.6 is 0 Å². The van der Waals surface area contributed by atoms with Gasteiger partial charge in [0, 0.05) is 41.7 Å². The molecule has 0 bridgehead atoms. The molecule has 0 saturated heterocycles. The van der Waals surface area contributed by atoms with Crippen LogP contribution < -0.4 is 0 Å². The lowest BCUT2D eigenvalue weighted by atomic mass is 10.0. The lowest BCUT2D eigenvalue weighted by Gasteiger charge is -2.06. The Morgan fingerprint density at radius 2 is 1.52 bits per heavy atom. The van der Waals surface area contributed by atoms with Gasteiger partial charge in [-0.3, -0.25) is 4.98 Å². The molecule has 0 fully saturated rings. The maximum atomic E-state index is 4.57. The van der Waals surface area contributed by atoms with Gasteiger partial charge in [-0.15, -0.1) is 0 Å². The van der Waals surface area contributed by atoms with Crippen LogP contribution in [-0.4, -0.2) is 15.0 Å². The van der Waals surface area contributed by atoms with E-state index in [-0.39, 0.29) is 0 Å². The summed E-state index contributed by atoms with van der Waals surface area (Å²) in [5, 5.41) is 0. The van der Waals surface area contributed by atoms with Crippen LogP contribution in [0.5, 0.6) is 0 Å². The maximum absolute atomic E-state index is 4.57. The molecule has 2 aromatic heterocycles. The lowest BCUT2D eigenvalue weighted by Crippen LogP contribution is -1.93. The quantitative estimate of drug-likeness (QED) is 0.723. The molecule has 3 nitrogen and oxygen atoms in total. The largest absolute Gasteiger partial charge is 0.256 e. The van der Waals surface area contributed by atoms with Crippen molar-refractivity contribution < 1.29 is 0 Å². The van der Waals surface area contributed by atoms with Gasteiger partial charge in [0.05, 0.1) is 5.69 Å². The van der Waals surface area contributed by atoms with Crippen molar-refractivity contribution in [1.29, 1.82) is 0 Å². The first-order valence-electron chi connectivity index (χ1n) is 7.11. The number of hydrogen-bond donors (Lipinski definition) is 0. The zero-order valence-corrected chi connectivity index (χ0v) is 12.2. The van der Waals surface area contributed by atoms with Crippen LogP contribution in [0, 0.1) is 6.92 Å². The fourth-order valence-electron chi connectivity index (χ4n) is 2.27. The van der Waals surface area contributed by atoms with Gasteiger partial charge in [-0.2, -0.15) is 0 Å². The van der Waals surface area contributed by atoms with Crippen molar-refractivity contribution >= 4 is 0 Å². The number of aryl methyl sites for hydroxylation is 2. The molecule has 3 rings (SSSR count). The van der Waals surface area contributed by atoms with Crippen LogP contribution in [0.4, 0.5) is 0 Å². The first-order valence-corrected chi connectivity index (χ1v) is 7.11. The third-order valence-electron chi connectivity index (χ3n) is 3.54. The number of pyridine rings is 1. The molecule has 0 radical (unpaired) electrons. The number of hydrogen-bond acceptors (Lipinski definition) is 3. The van der Waals surface area contributed by atoms with E-state index in [1.54, 1.807) is 0 Å². The molecule has 0 amide bonds. The Bertz CT molecular complexity index is 731. The monoisotopic (exact) mass is 275 g/mol. The zero-order chi connectivity index (χ0) is 14.7. The Labute approximate surface area is 124 Å². The second-order valence-corrected chi connectivity index (χ2v) is 4.99. The van der Waals surface area contributed by atoms with Gasteiger partial charge in [-0.05, 0) is 18.6 Å².